The molecule has 1 N–H and O–H groups in total. The number of hydrogen-bond acceptors (Lipinski definition) is 3. The monoisotopic (exact) mass is 244 g/mol. The van der Waals surface area contributed by atoms with E-state index in [1.165, 1.54) is 5.56 Å². The molecular formula is C14H20N4. The smallest absolute Gasteiger partial charge is 0.149 e. The van der Waals surface area contributed by atoms with Crippen LogP contribution >= 0.6 is 0 Å². The van der Waals surface area contributed by atoms with Crippen LogP contribution in [0.4, 0.5) is 0 Å². The van der Waals surface area contributed by atoms with Crippen molar-refractivity contribution in [2.45, 2.75) is 25.8 Å². The zero-order valence-corrected chi connectivity index (χ0v) is 11.2. The van der Waals surface area contributed by atoms with E-state index in [4.69, 9.17) is 0 Å². The van der Waals surface area contributed by atoms with E-state index in [0.717, 1.165) is 12.4 Å². The molecule has 96 valence electrons. The summed E-state index contributed by atoms with van der Waals surface area (Å²) in [5, 5.41) is 11.5. The summed E-state index contributed by atoms with van der Waals surface area (Å²) < 4.78 is 1.95. The maximum absolute atomic E-state index is 4.12. The maximum atomic E-state index is 4.12. The third-order valence-electron chi connectivity index (χ3n) is 3.23. The van der Waals surface area contributed by atoms with E-state index >= 15 is 0 Å². The zero-order valence-electron chi connectivity index (χ0n) is 11.2. The second-order valence-electron chi connectivity index (χ2n) is 4.74. The summed E-state index contributed by atoms with van der Waals surface area (Å²) >= 11 is 0. The number of nitrogens with zero attached hydrogens (tertiary/aromatic N) is 3. The van der Waals surface area contributed by atoms with Crippen molar-refractivity contribution < 1.29 is 0 Å². The third-order valence-corrected chi connectivity index (χ3v) is 3.23. The molecule has 1 heterocycles. The van der Waals surface area contributed by atoms with Crippen molar-refractivity contribution in [3.8, 4) is 0 Å². The Morgan fingerprint density at radius 1 is 1.22 bits per heavy atom. The van der Waals surface area contributed by atoms with E-state index in [9.17, 15) is 0 Å². The van der Waals surface area contributed by atoms with Gasteiger partial charge in [-0.15, -0.1) is 10.2 Å². The quantitative estimate of drug-likeness (QED) is 0.877. The SMILES string of the molecule is CC(CNC(C)c1nncn1C)c1ccccc1. The molecule has 18 heavy (non-hydrogen) atoms. The number of hydrogen-bond donors (Lipinski definition) is 1. The highest BCUT2D eigenvalue weighted by Crippen LogP contribution is 2.15. The fraction of sp³-hybridized carbons (Fsp3) is 0.429. The van der Waals surface area contributed by atoms with Crippen LogP contribution in [0.2, 0.25) is 0 Å². The largest absolute Gasteiger partial charge is 0.319 e. The van der Waals surface area contributed by atoms with Crippen LogP contribution in [0.15, 0.2) is 36.7 Å². The van der Waals surface area contributed by atoms with Gasteiger partial charge in [-0.05, 0) is 18.4 Å². The van der Waals surface area contributed by atoms with E-state index in [-0.39, 0.29) is 6.04 Å². The van der Waals surface area contributed by atoms with Crippen molar-refractivity contribution in [1.82, 2.24) is 20.1 Å². The van der Waals surface area contributed by atoms with Crippen LogP contribution in [-0.2, 0) is 7.05 Å². The molecule has 4 heteroatoms. The van der Waals surface area contributed by atoms with Gasteiger partial charge >= 0.3 is 0 Å². The minimum atomic E-state index is 0.212. The Hall–Kier alpha value is -1.68. The summed E-state index contributed by atoms with van der Waals surface area (Å²) in [6.45, 7) is 5.27. The van der Waals surface area contributed by atoms with E-state index in [2.05, 4.69) is 53.6 Å². The van der Waals surface area contributed by atoms with Crippen molar-refractivity contribution in [1.29, 1.82) is 0 Å². The van der Waals surface area contributed by atoms with Gasteiger partial charge in [-0.2, -0.15) is 0 Å². The fourth-order valence-corrected chi connectivity index (χ4v) is 2.03. The molecular weight excluding hydrogens is 224 g/mol. The lowest BCUT2D eigenvalue weighted by Gasteiger charge is -2.17. The van der Waals surface area contributed by atoms with Gasteiger partial charge in [-0.1, -0.05) is 37.3 Å². The highest BCUT2D eigenvalue weighted by molar-refractivity contribution is 5.19. The lowest BCUT2D eigenvalue weighted by molar-refractivity contribution is 0.504. The second kappa shape index (κ2) is 5.78. The van der Waals surface area contributed by atoms with Gasteiger partial charge in [0, 0.05) is 13.6 Å². The number of rotatable bonds is 5. The Kier molecular flexibility index (Phi) is 4.10. The third kappa shape index (κ3) is 2.96. The standard InChI is InChI=1S/C14H20N4/c1-11(13-7-5-4-6-8-13)9-15-12(2)14-17-16-10-18(14)3/h4-8,10-12,15H,9H2,1-3H3. The molecule has 0 bridgehead atoms. The predicted octanol–water partition coefficient (Wildman–Crippen LogP) is 2.27. The van der Waals surface area contributed by atoms with Crippen molar-refractivity contribution >= 4 is 0 Å². The van der Waals surface area contributed by atoms with Crippen LogP contribution in [0.25, 0.3) is 0 Å². The second-order valence-corrected chi connectivity index (χ2v) is 4.74. The number of aryl methyl sites for hydroxylation is 1. The minimum absolute atomic E-state index is 0.212. The average molecular weight is 244 g/mol. The first kappa shape index (κ1) is 12.8. The average Bonchev–Trinajstić information content (AvgIpc) is 2.83. The van der Waals surface area contributed by atoms with Gasteiger partial charge in [-0.25, -0.2) is 0 Å². The Bertz CT molecular complexity index is 478. The molecule has 0 amide bonds. The summed E-state index contributed by atoms with van der Waals surface area (Å²) in [4.78, 5) is 0. The normalized spacial score (nSPS) is 14.4. The Morgan fingerprint density at radius 3 is 2.56 bits per heavy atom. The highest BCUT2D eigenvalue weighted by atomic mass is 15.3. The molecule has 0 fully saturated rings. The topological polar surface area (TPSA) is 42.7 Å². The molecule has 2 aromatic rings. The van der Waals surface area contributed by atoms with Crippen molar-refractivity contribution in [3.05, 3.63) is 48.0 Å². The summed E-state index contributed by atoms with van der Waals surface area (Å²) in [7, 11) is 1.97. The molecule has 0 spiro atoms. The van der Waals surface area contributed by atoms with Crippen molar-refractivity contribution in [2.75, 3.05) is 6.54 Å². The molecule has 0 saturated heterocycles. The molecule has 2 unspecified atom stereocenters. The predicted molar refractivity (Wildman–Crippen MR) is 72.3 cm³/mol. The van der Waals surface area contributed by atoms with Gasteiger partial charge < -0.3 is 9.88 Å². The first-order chi connectivity index (χ1) is 8.68. The first-order valence-corrected chi connectivity index (χ1v) is 6.30. The lowest BCUT2D eigenvalue weighted by atomic mass is 10.0. The van der Waals surface area contributed by atoms with Gasteiger partial charge in [0.1, 0.15) is 12.2 Å². The van der Waals surface area contributed by atoms with Gasteiger partial charge in [0.2, 0.25) is 0 Å². The fourth-order valence-electron chi connectivity index (χ4n) is 2.03. The van der Waals surface area contributed by atoms with E-state index in [0.29, 0.717) is 5.92 Å². The first-order valence-electron chi connectivity index (χ1n) is 6.30. The maximum Gasteiger partial charge on any atom is 0.149 e. The van der Waals surface area contributed by atoms with Crippen molar-refractivity contribution in [2.24, 2.45) is 7.05 Å². The van der Waals surface area contributed by atoms with Crippen LogP contribution < -0.4 is 5.32 Å². The van der Waals surface area contributed by atoms with Gasteiger partial charge in [0.25, 0.3) is 0 Å². The molecule has 2 rings (SSSR count). The Morgan fingerprint density at radius 2 is 1.94 bits per heavy atom. The molecule has 0 aliphatic rings. The van der Waals surface area contributed by atoms with Gasteiger partial charge in [0.15, 0.2) is 0 Å². The van der Waals surface area contributed by atoms with Crippen LogP contribution in [0.5, 0.6) is 0 Å². The minimum Gasteiger partial charge on any atom is -0.319 e. The Balaban J connectivity index is 1.90. The molecule has 4 nitrogen and oxygen atoms in total. The summed E-state index contributed by atoms with van der Waals surface area (Å²) in [6.07, 6.45) is 1.73. The van der Waals surface area contributed by atoms with E-state index in [1.54, 1.807) is 6.33 Å². The van der Waals surface area contributed by atoms with Crippen LogP contribution in [0.1, 0.15) is 37.2 Å². The molecule has 0 saturated carbocycles. The molecule has 0 aliphatic carbocycles. The van der Waals surface area contributed by atoms with E-state index in [1.807, 2.05) is 17.7 Å². The van der Waals surface area contributed by atoms with Crippen LogP contribution in [0.3, 0.4) is 0 Å². The number of aromatic nitrogens is 3. The highest BCUT2D eigenvalue weighted by Gasteiger charge is 2.12. The lowest BCUT2D eigenvalue weighted by Crippen LogP contribution is -2.25. The Labute approximate surface area is 108 Å². The zero-order chi connectivity index (χ0) is 13.0. The molecule has 1 aromatic heterocycles. The summed E-state index contributed by atoms with van der Waals surface area (Å²) in [5.41, 5.74) is 1.36. The number of nitrogens with one attached hydrogen (secondary N) is 1. The molecule has 0 radical (unpaired) electrons. The van der Waals surface area contributed by atoms with Gasteiger partial charge in [-0.3, -0.25) is 0 Å². The van der Waals surface area contributed by atoms with Gasteiger partial charge in [0.05, 0.1) is 6.04 Å². The molecule has 2 atom stereocenters. The summed E-state index contributed by atoms with van der Waals surface area (Å²) in [5.74, 6) is 1.46. The number of benzene rings is 1. The van der Waals surface area contributed by atoms with Crippen LogP contribution in [0, 0.1) is 0 Å². The summed E-state index contributed by atoms with van der Waals surface area (Å²) in [6, 6.07) is 10.8. The molecule has 0 aliphatic heterocycles. The van der Waals surface area contributed by atoms with E-state index < -0.39 is 0 Å². The van der Waals surface area contributed by atoms with Crippen LogP contribution in [-0.4, -0.2) is 21.3 Å². The molecule has 1 aromatic carbocycles. The van der Waals surface area contributed by atoms with Crippen molar-refractivity contribution in [3.63, 3.8) is 0 Å².